The van der Waals surface area contributed by atoms with Crippen LogP contribution in [0.25, 0.3) is 0 Å². The summed E-state index contributed by atoms with van der Waals surface area (Å²) in [5, 5.41) is 3.40. The van der Waals surface area contributed by atoms with Gasteiger partial charge in [-0.3, -0.25) is 0 Å². The Hall–Kier alpha value is -1.46. The van der Waals surface area contributed by atoms with Gasteiger partial charge in [-0.2, -0.15) is 0 Å². The van der Waals surface area contributed by atoms with Gasteiger partial charge in [0.15, 0.2) is 4.47 Å². The fraction of sp³-hybridized carbons (Fsp3) is 0.471. The van der Waals surface area contributed by atoms with E-state index in [0.717, 1.165) is 35.3 Å². The predicted octanol–water partition coefficient (Wildman–Crippen LogP) is 4.65. The SMILES string of the molecule is COc1cc(N2CCC(C)CC2)ccc1NCc1cnc(Cl)s1. The highest BCUT2D eigenvalue weighted by Crippen LogP contribution is 2.32. The first-order chi connectivity index (χ1) is 11.2. The number of aromatic nitrogens is 1. The van der Waals surface area contributed by atoms with E-state index >= 15 is 0 Å². The zero-order chi connectivity index (χ0) is 16.2. The van der Waals surface area contributed by atoms with E-state index in [1.165, 1.54) is 29.9 Å². The minimum absolute atomic E-state index is 0.573. The monoisotopic (exact) mass is 351 g/mol. The molecule has 0 amide bonds. The van der Waals surface area contributed by atoms with Crippen molar-refractivity contribution in [3.05, 3.63) is 33.7 Å². The number of methoxy groups -OCH3 is 1. The van der Waals surface area contributed by atoms with E-state index in [0.29, 0.717) is 11.0 Å². The Bertz CT molecular complexity index is 653. The van der Waals surface area contributed by atoms with Gasteiger partial charge in [0.1, 0.15) is 5.75 Å². The second kappa shape index (κ2) is 7.41. The summed E-state index contributed by atoms with van der Waals surface area (Å²) in [6, 6.07) is 6.38. The second-order valence-corrected chi connectivity index (χ2v) is 7.68. The van der Waals surface area contributed by atoms with Crippen molar-refractivity contribution in [2.24, 2.45) is 5.92 Å². The first-order valence-corrected chi connectivity index (χ1v) is 9.12. The molecule has 0 saturated carbocycles. The summed E-state index contributed by atoms with van der Waals surface area (Å²) in [6.45, 7) is 5.27. The van der Waals surface area contributed by atoms with E-state index < -0.39 is 0 Å². The van der Waals surface area contributed by atoms with Gasteiger partial charge >= 0.3 is 0 Å². The van der Waals surface area contributed by atoms with Gasteiger partial charge in [0.05, 0.1) is 19.3 Å². The fourth-order valence-electron chi connectivity index (χ4n) is 2.84. The highest BCUT2D eigenvalue weighted by atomic mass is 35.5. The lowest BCUT2D eigenvalue weighted by molar-refractivity contribution is 0.414. The number of hydrogen-bond acceptors (Lipinski definition) is 5. The van der Waals surface area contributed by atoms with Crippen LogP contribution in [-0.4, -0.2) is 25.2 Å². The third-order valence-electron chi connectivity index (χ3n) is 4.31. The molecule has 2 heterocycles. The van der Waals surface area contributed by atoms with Crippen molar-refractivity contribution in [3.63, 3.8) is 0 Å². The van der Waals surface area contributed by atoms with E-state index in [-0.39, 0.29) is 0 Å². The fourth-order valence-corrected chi connectivity index (χ4v) is 3.75. The lowest BCUT2D eigenvalue weighted by Gasteiger charge is -2.32. The molecule has 1 aromatic heterocycles. The van der Waals surface area contributed by atoms with Crippen LogP contribution < -0.4 is 15.0 Å². The molecule has 1 N–H and O–H groups in total. The van der Waals surface area contributed by atoms with E-state index in [4.69, 9.17) is 16.3 Å². The summed E-state index contributed by atoms with van der Waals surface area (Å²) in [6.07, 6.45) is 4.32. The molecule has 0 spiro atoms. The van der Waals surface area contributed by atoms with Gasteiger partial charge in [-0.15, -0.1) is 11.3 Å². The van der Waals surface area contributed by atoms with Crippen molar-refractivity contribution in [2.75, 3.05) is 30.4 Å². The van der Waals surface area contributed by atoms with Gasteiger partial charge < -0.3 is 15.0 Å². The number of anilines is 2. The Labute approximate surface area is 146 Å². The number of piperidine rings is 1. The molecule has 124 valence electrons. The van der Waals surface area contributed by atoms with Gasteiger partial charge in [-0.05, 0) is 30.9 Å². The summed E-state index contributed by atoms with van der Waals surface area (Å²) < 4.78 is 6.14. The minimum atomic E-state index is 0.573. The summed E-state index contributed by atoms with van der Waals surface area (Å²) >= 11 is 7.36. The summed E-state index contributed by atoms with van der Waals surface area (Å²) in [7, 11) is 1.71. The maximum absolute atomic E-state index is 5.87. The summed E-state index contributed by atoms with van der Waals surface area (Å²) in [5.74, 6) is 1.71. The Morgan fingerprint density at radius 1 is 1.39 bits per heavy atom. The third kappa shape index (κ3) is 4.09. The molecule has 1 aliphatic heterocycles. The van der Waals surface area contributed by atoms with Gasteiger partial charge in [-0.1, -0.05) is 18.5 Å². The number of ether oxygens (including phenoxy) is 1. The second-order valence-electron chi connectivity index (χ2n) is 5.99. The highest BCUT2D eigenvalue weighted by molar-refractivity contribution is 7.15. The lowest BCUT2D eigenvalue weighted by Crippen LogP contribution is -2.32. The molecule has 1 aromatic carbocycles. The standard InChI is InChI=1S/C17H22ClN3OS/c1-12-5-7-21(8-6-12)13-3-4-15(16(9-13)22-2)19-10-14-11-20-17(18)23-14/h3-4,9,11-12,19H,5-8,10H2,1-2H3. The van der Waals surface area contributed by atoms with E-state index in [9.17, 15) is 0 Å². The first kappa shape index (κ1) is 16.4. The maximum Gasteiger partial charge on any atom is 0.183 e. The van der Waals surface area contributed by atoms with Crippen LogP contribution >= 0.6 is 22.9 Å². The van der Waals surface area contributed by atoms with Crippen LogP contribution in [0.5, 0.6) is 5.75 Å². The normalized spacial score (nSPS) is 15.7. The average Bonchev–Trinajstić information content (AvgIpc) is 2.99. The van der Waals surface area contributed by atoms with Crippen LogP contribution in [-0.2, 0) is 6.54 Å². The maximum atomic E-state index is 5.87. The number of halogens is 1. The number of rotatable bonds is 5. The quantitative estimate of drug-likeness (QED) is 0.850. The number of nitrogens with zero attached hydrogens (tertiary/aromatic N) is 2. The van der Waals surface area contributed by atoms with Crippen molar-refractivity contribution >= 4 is 34.3 Å². The Balaban J connectivity index is 1.69. The van der Waals surface area contributed by atoms with Crippen molar-refractivity contribution in [2.45, 2.75) is 26.3 Å². The van der Waals surface area contributed by atoms with Gasteiger partial charge in [-0.25, -0.2) is 4.98 Å². The summed E-state index contributed by atoms with van der Waals surface area (Å²) in [4.78, 5) is 7.60. The van der Waals surface area contributed by atoms with Gasteiger partial charge in [0.25, 0.3) is 0 Å². The molecule has 1 aliphatic rings. The molecular weight excluding hydrogens is 330 g/mol. The van der Waals surface area contributed by atoms with Crippen LogP contribution in [0.3, 0.4) is 0 Å². The average molecular weight is 352 g/mol. The lowest BCUT2D eigenvalue weighted by atomic mass is 9.99. The number of hydrogen-bond donors (Lipinski definition) is 1. The molecule has 1 fully saturated rings. The van der Waals surface area contributed by atoms with Crippen LogP contribution in [0.15, 0.2) is 24.4 Å². The topological polar surface area (TPSA) is 37.4 Å². The molecule has 23 heavy (non-hydrogen) atoms. The molecule has 0 unspecified atom stereocenters. The third-order valence-corrected chi connectivity index (χ3v) is 5.43. The van der Waals surface area contributed by atoms with Crippen LogP contribution in [0.1, 0.15) is 24.6 Å². The zero-order valence-electron chi connectivity index (χ0n) is 13.5. The Morgan fingerprint density at radius 2 is 2.17 bits per heavy atom. The molecule has 0 aliphatic carbocycles. The van der Waals surface area contributed by atoms with Crippen LogP contribution in [0.2, 0.25) is 4.47 Å². The molecule has 0 bridgehead atoms. The van der Waals surface area contributed by atoms with Crippen molar-refractivity contribution in [3.8, 4) is 5.75 Å². The molecule has 4 nitrogen and oxygen atoms in total. The highest BCUT2D eigenvalue weighted by Gasteiger charge is 2.17. The molecule has 0 radical (unpaired) electrons. The van der Waals surface area contributed by atoms with Crippen LogP contribution in [0.4, 0.5) is 11.4 Å². The zero-order valence-corrected chi connectivity index (χ0v) is 15.1. The first-order valence-electron chi connectivity index (χ1n) is 7.93. The van der Waals surface area contributed by atoms with E-state index in [2.05, 4.69) is 40.3 Å². The van der Waals surface area contributed by atoms with Crippen molar-refractivity contribution in [1.29, 1.82) is 0 Å². The summed E-state index contributed by atoms with van der Waals surface area (Å²) in [5.41, 5.74) is 2.23. The molecule has 2 aromatic rings. The van der Waals surface area contributed by atoms with Crippen LogP contribution in [0, 0.1) is 5.92 Å². The molecule has 6 heteroatoms. The van der Waals surface area contributed by atoms with E-state index in [1.807, 2.05) is 0 Å². The van der Waals surface area contributed by atoms with Gasteiger partial charge in [0, 0.05) is 35.9 Å². The molecular formula is C17H22ClN3OS. The van der Waals surface area contributed by atoms with E-state index in [1.54, 1.807) is 13.3 Å². The Morgan fingerprint density at radius 3 is 2.83 bits per heavy atom. The largest absolute Gasteiger partial charge is 0.495 e. The Kier molecular flexibility index (Phi) is 5.28. The van der Waals surface area contributed by atoms with Crippen molar-refractivity contribution < 1.29 is 4.74 Å². The molecule has 3 rings (SSSR count). The van der Waals surface area contributed by atoms with Gasteiger partial charge in [0.2, 0.25) is 0 Å². The number of thiazole rings is 1. The number of nitrogens with one attached hydrogen (secondary N) is 1. The molecule has 0 atom stereocenters. The molecule has 1 saturated heterocycles. The van der Waals surface area contributed by atoms with Crippen molar-refractivity contribution in [1.82, 2.24) is 4.98 Å². The number of benzene rings is 1. The smallest absolute Gasteiger partial charge is 0.183 e. The minimum Gasteiger partial charge on any atom is -0.495 e. The predicted molar refractivity (Wildman–Crippen MR) is 98.1 cm³/mol.